The van der Waals surface area contributed by atoms with Crippen molar-refractivity contribution < 1.29 is 4.42 Å². The zero-order valence-electron chi connectivity index (χ0n) is 9.91. The van der Waals surface area contributed by atoms with Gasteiger partial charge in [0.15, 0.2) is 5.58 Å². The molecule has 1 aromatic heterocycles. The molecule has 0 amide bonds. The summed E-state index contributed by atoms with van der Waals surface area (Å²) in [6, 6.07) is 4.75. The molecule has 18 heavy (non-hydrogen) atoms. The average molecular weight is 331 g/mol. The Labute approximate surface area is 118 Å². The van der Waals surface area contributed by atoms with Gasteiger partial charge in [-0.05, 0) is 35.0 Å². The fourth-order valence-electron chi connectivity index (χ4n) is 2.19. The lowest BCUT2D eigenvalue weighted by molar-refractivity contribution is 0.453. The highest BCUT2D eigenvalue weighted by Gasteiger charge is 2.21. The summed E-state index contributed by atoms with van der Waals surface area (Å²) in [7, 11) is 0. The molecule has 0 radical (unpaired) electrons. The maximum Gasteiger partial charge on any atom is 0.298 e. The SMILES string of the molecule is CC1CN(c2nc3cc(Cl)cc(Br)c3o2)CCN1. The summed E-state index contributed by atoms with van der Waals surface area (Å²) in [4.78, 5) is 6.66. The van der Waals surface area contributed by atoms with Crippen molar-refractivity contribution in [3.8, 4) is 0 Å². The summed E-state index contributed by atoms with van der Waals surface area (Å²) in [6.45, 7) is 4.91. The Morgan fingerprint density at radius 1 is 1.56 bits per heavy atom. The molecule has 1 saturated heterocycles. The van der Waals surface area contributed by atoms with Crippen LogP contribution in [0.5, 0.6) is 0 Å². The van der Waals surface area contributed by atoms with Crippen LogP contribution in [0, 0.1) is 0 Å². The molecule has 4 nitrogen and oxygen atoms in total. The summed E-state index contributed by atoms with van der Waals surface area (Å²) in [5, 5.41) is 4.05. The van der Waals surface area contributed by atoms with Crippen molar-refractivity contribution in [2.45, 2.75) is 13.0 Å². The molecule has 0 saturated carbocycles. The molecule has 0 bridgehead atoms. The molecule has 1 aliphatic heterocycles. The highest BCUT2D eigenvalue weighted by Crippen LogP contribution is 2.31. The number of nitrogens with zero attached hydrogens (tertiary/aromatic N) is 2. The fourth-order valence-corrected chi connectivity index (χ4v) is 3.06. The van der Waals surface area contributed by atoms with Crippen molar-refractivity contribution in [2.24, 2.45) is 0 Å². The molecule has 6 heteroatoms. The van der Waals surface area contributed by atoms with Gasteiger partial charge in [0.25, 0.3) is 6.01 Å². The van der Waals surface area contributed by atoms with E-state index >= 15 is 0 Å². The van der Waals surface area contributed by atoms with E-state index in [1.54, 1.807) is 0 Å². The zero-order chi connectivity index (χ0) is 12.7. The van der Waals surface area contributed by atoms with Crippen molar-refractivity contribution in [3.63, 3.8) is 0 Å². The summed E-state index contributed by atoms with van der Waals surface area (Å²) in [5.74, 6) is 0. The molecule has 1 atom stereocenters. The molecule has 3 rings (SSSR count). The van der Waals surface area contributed by atoms with Gasteiger partial charge in [-0.3, -0.25) is 0 Å². The Kier molecular flexibility index (Phi) is 3.21. The number of anilines is 1. The first-order chi connectivity index (χ1) is 8.63. The number of fused-ring (bicyclic) bond motifs is 1. The van der Waals surface area contributed by atoms with E-state index in [0.29, 0.717) is 17.1 Å². The normalized spacial score (nSPS) is 20.6. The second-order valence-corrected chi connectivity index (χ2v) is 5.82. The number of halogens is 2. The van der Waals surface area contributed by atoms with Crippen LogP contribution in [-0.2, 0) is 0 Å². The highest BCUT2D eigenvalue weighted by atomic mass is 79.9. The van der Waals surface area contributed by atoms with Crippen LogP contribution in [0.4, 0.5) is 6.01 Å². The van der Waals surface area contributed by atoms with Crippen LogP contribution in [0.1, 0.15) is 6.92 Å². The first-order valence-electron chi connectivity index (χ1n) is 5.87. The first kappa shape index (κ1) is 12.3. The van der Waals surface area contributed by atoms with Crippen molar-refractivity contribution >= 4 is 44.6 Å². The molecular formula is C12H13BrClN3O. The summed E-state index contributed by atoms with van der Waals surface area (Å²) in [6.07, 6.45) is 0. The van der Waals surface area contributed by atoms with Gasteiger partial charge >= 0.3 is 0 Å². The fraction of sp³-hybridized carbons (Fsp3) is 0.417. The molecule has 1 aliphatic rings. The number of nitrogens with one attached hydrogen (secondary N) is 1. The summed E-state index contributed by atoms with van der Waals surface area (Å²) in [5.41, 5.74) is 1.54. The van der Waals surface area contributed by atoms with E-state index in [0.717, 1.165) is 35.2 Å². The van der Waals surface area contributed by atoms with Gasteiger partial charge in [-0.25, -0.2) is 0 Å². The Hall–Kier alpha value is -0.780. The van der Waals surface area contributed by atoms with Gasteiger partial charge in [-0.2, -0.15) is 4.98 Å². The standard InChI is InChI=1S/C12H13BrClN3O/c1-7-6-17(3-2-15-7)12-16-10-5-8(14)4-9(13)11(10)18-12/h4-5,7,15H,2-3,6H2,1H3. The van der Waals surface area contributed by atoms with Gasteiger partial charge in [-0.15, -0.1) is 0 Å². The number of hydrogen-bond donors (Lipinski definition) is 1. The summed E-state index contributed by atoms with van der Waals surface area (Å²) >= 11 is 9.45. The van der Waals surface area contributed by atoms with Crippen LogP contribution < -0.4 is 10.2 Å². The second kappa shape index (κ2) is 4.72. The number of benzene rings is 1. The maximum atomic E-state index is 6.01. The van der Waals surface area contributed by atoms with Crippen LogP contribution in [0.25, 0.3) is 11.1 Å². The third-order valence-electron chi connectivity index (χ3n) is 3.04. The molecule has 1 N–H and O–H groups in total. The van der Waals surface area contributed by atoms with Crippen molar-refractivity contribution in [1.82, 2.24) is 10.3 Å². The maximum absolute atomic E-state index is 6.01. The molecule has 1 aromatic carbocycles. The molecule has 96 valence electrons. The Bertz CT molecular complexity index is 586. The van der Waals surface area contributed by atoms with E-state index < -0.39 is 0 Å². The van der Waals surface area contributed by atoms with Crippen molar-refractivity contribution in [1.29, 1.82) is 0 Å². The van der Waals surface area contributed by atoms with E-state index in [1.807, 2.05) is 12.1 Å². The van der Waals surface area contributed by atoms with E-state index in [-0.39, 0.29) is 0 Å². The Balaban J connectivity index is 2.00. The van der Waals surface area contributed by atoms with Gasteiger partial charge < -0.3 is 14.6 Å². The van der Waals surface area contributed by atoms with Crippen molar-refractivity contribution in [2.75, 3.05) is 24.5 Å². The topological polar surface area (TPSA) is 41.3 Å². The molecule has 0 spiro atoms. The van der Waals surface area contributed by atoms with Gasteiger partial charge in [0.05, 0.1) is 4.47 Å². The first-order valence-corrected chi connectivity index (χ1v) is 7.04. The second-order valence-electron chi connectivity index (χ2n) is 4.53. The number of rotatable bonds is 1. The van der Waals surface area contributed by atoms with Crippen LogP contribution in [-0.4, -0.2) is 30.7 Å². The van der Waals surface area contributed by atoms with Crippen LogP contribution >= 0.6 is 27.5 Å². The predicted molar refractivity (Wildman–Crippen MR) is 76.4 cm³/mol. The molecule has 2 heterocycles. The lowest BCUT2D eigenvalue weighted by Crippen LogP contribution is -2.49. The largest absolute Gasteiger partial charge is 0.422 e. The monoisotopic (exact) mass is 329 g/mol. The molecule has 2 aromatic rings. The average Bonchev–Trinajstić information content (AvgIpc) is 2.73. The third kappa shape index (κ3) is 2.22. The van der Waals surface area contributed by atoms with E-state index in [2.05, 4.69) is 38.1 Å². The highest BCUT2D eigenvalue weighted by molar-refractivity contribution is 9.10. The molecule has 0 aliphatic carbocycles. The quantitative estimate of drug-likeness (QED) is 0.872. The number of aromatic nitrogens is 1. The molecule has 1 unspecified atom stereocenters. The minimum Gasteiger partial charge on any atom is -0.422 e. The lowest BCUT2D eigenvalue weighted by Gasteiger charge is -2.30. The Morgan fingerprint density at radius 2 is 2.39 bits per heavy atom. The molecular weight excluding hydrogens is 318 g/mol. The van der Waals surface area contributed by atoms with Crippen molar-refractivity contribution in [3.05, 3.63) is 21.6 Å². The smallest absolute Gasteiger partial charge is 0.298 e. The summed E-state index contributed by atoms with van der Waals surface area (Å²) < 4.78 is 6.66. The lowest BCUT2D eigenvalue weighted by atomic mass is 10.2. The van der Waals surface area contributed by atoms with Crippen LogP contribution in [0.15, 0.2) is 21.0 Å². The van der Waals surface area contributed by atoms with Gasteiger partial charge in [-0.1, -0.05) is 11.6 Å². The predicted octanol–water partition coefficient (Wildman–Crippen LogP) is 3.04. The number of piperazine rings is 1. The van der Waals surface area contributed by atoms with Gasteiger partial charge in [0, 0.05) is 30.7 Å². The van der Waals surface area contributed by atoms with Crippen LogP contribution in [0.3, 0.4) is 0 Å². The third-order valence-corrected chi connectivity index (χ3v) is 3.84. The van der Waals surface area contributed by atoms with Gasteiger partial charge in [0.2, 0.25) is 0 Å². The van der Waals surface area contributed by atoms with Gasteiger partial charge in [0.1, 0.15) is 5.52 Å². The minimum atomic E-state index is 0.445. The zero-order valence-corrected chi connectivity index (χ0v) is 12.3. The minimum absolute atomic E-state index is 0.445. The van der Waals surface area contributed by atoms with E-state index in [9.17, 15) is 0 Å². The molecule has 1 fully saturated rings. The number of hydrogen-bond acceptors (Lipinski definition) is 4. The number of oxazole rings is 1. The Morgan fingerprint density at radius 3 is 3.17 bits per heavy atom. The van der Waals surface area contributed by atoms with E-state index in [1.165, 1.54) is 0 Å². The van der Waals surface area contributed by atoms with Crippen LogP contribution in [0.2, 0.25) is 5.02 Å². The van der Waals surface area contributed by atoms with E-state index in [4.69, 9.17) is 16.0 Å².